The van der Waals surface area contributed by atoms with Crippen molar-refractivity contribution in [2.75, 3.05) is 18.0 Å². The fourth-order valence-corrected chi connectivity index (χ4v) is 1.93. The van der Waals surface area contributed by atoms with Crippen LogP contribution < -0.4 is 4.90 Å². The topological polar surface area (TPSA) is 16.1 Å². The molecular weight excluding hydrogens is 208 g/mol. The van der Waals surface area contributed by atoms with Gasteiger partial charge in [-0.25, -0.2) is 0 Å². The zero-order chi connectivity index (χ0) is 11.1. The molecule has 0 spiro atoms. The second-order valence-corrected chi connectivity index (χ2v) is 3.89. The minimum Gasteiger partial charge on any atom is -0.371 e. The first-order valence-electron chi connectivity index (χ1n) is 5.57. The highest BCUT2D eigenvalue weighted by Crippen LogP contribution is 2.21. The van der Waals surface area contributed by atoms with Crippen molar-refractivity contribution in [1.29, 1.82) is 0 Å². The van der Waals surface area contributed by atoms with Gasteiger partial charge < -0.3 is 4.90 Å². The molecule has 0 fully saturated rings. The van der Waals surface area contributed by atoms with Crippen LogP contribution in [0.4, 0.5) is 5.69 Å². The molecule has 0 unspecified atom stereocenters. The van der Waals surface area contributed by atoms with E-state index in [4.69, 9.17) is 11.6 Å². The zero-order valence-electron chi connectivity index (χ0n) is 9.54. The largest absolute Gasteiger partial charge is 0.371 e. The normalized spacial score (nSPS) is 10.3. The molecule has 0 aliphatic heterocycles. The number of anilines is 1. The number of halogens is 1. The van der Waals surface area contributed by atoms with E-state index < -0.39 is 0 Å². The van der Waals surface area contributed by atoms with Crippen LogP contribution in [0, 0.1) is 0 Å². The first kappa shape index (κ1) is 12.3. The Labute approximate surface area is 97.3 Å². The number of pyridine rings is 1. The van der Waals surface area contributed by atoms with Crippen LogP contribution in [0.15, 0.2) is 18.5 Å². The molecule has 3 heteroatoms. The Balaban J connectivity index is 2.88. The van der Waals surface area contributed by atoms with Crippen LogP contribution in [0.5, 0.6) is 0 Å². The number of aromatic nitrogens is 1. The lowest BCUT2D eigenvalue weighted by Crippen LogP contribution is -2.25. The quantitative estimate of drug-likeness (QED) is 0.691. The van der Waals surface area contributed by atoms with Crippen LogP contribution in [-0.4, -0.2) is 18.1 Å². The third-order valence-electron chi connectivity index (χ3n) is 2.35. The van der Waals surface area contributed by atoms with Crippen molar-refractivity contribution in [2.45, 2.75) is 32.6 Å². The van der Waals surface area contributed by atoms with Crippen molar-refractivity contribution >= 4 is 17.3 Å². The van der Waals surface area contributed by atoms with E-state index in [1.807, 2.05) is 12.4 Å². The van der Waals surface area contributed by atoms with E-state index in [0.717, 1.165) is 31.5 Å². The van der Waals surface area contributed by atoms with E-state index in [1.54, 1.807) is 0 Å². The fraction of sp³-hybridized carbons (Fsp3) is 0.583. The molecule has 0 saturated heterocycles. The van der Waals surface area contributed by atoms with Gasteiger partial charge in [-0.05, 0) is 18.9 Å². The lowest BCUT2D eigenvalue weighted by atomic mass is 10.2. The maximum absolute atomic E-state index is 5.91. The molecule has 1 aromatic rings. The van der Waals surface area contributed by atoms with E-state index in [-0.39, 0.29) is 0 Å². The lowest BCUT2D eigenvalue weighted by Gasteiger charge is -2.25. The van der Waals surface area contributed by atoms with Gasteiger partial charge in [-0.2, -0.15) is 0 Å². The molecule has 84 valence electrons. The molecule has 0 bridgehead atoms. The smallest absolute Gasteiger partial charge is 0.0509 e. The number of hydrogen-bond donors (Lipinski definition) is 0. The summed E-state index contributed by atoms with van der Waals surface area (Å²) < 4.78 is 0. The molecule has 0 saturated carbocycles. The summed E-state index contributed by atoms with van der Waals surface area (Å²) in [5, 5.41) is 0. The molecular formula is C12H19ClN2. The molecule has 15 heavy (non-hydrogen) atoms. The summed E-state index contributed by atoms with van der Waals surface area (Å²) in [7, 11) is 0. The predicted octanol–water partition coefficient (Wildman–Crippen LogP) is 3.45. The van der Waals surface area contributed by atoms with Crippen LogP contribution in [0.2, 0.25) is 0 Å². The lowest BCUT2D eigenvalue weighted by molar-refractivity contribution is 0.741. The van der Waals surface area contributed by atoms with Gasteiger partial charge in [-0.1, -0.05) is 13.8 Å². The second-order valence-electron chi connectivity index (χ2n) is 3.63. The van der Waals surface area contributed by atoms with Gasteiger partial charge in [0.25, 0.3) is 0 Å². The van der Waals surface area contributed by atoms with E-state index >= 15 is 0 Å². The number of alkyl halides is 1. The molecule has 0 radical (unpaired) electrons. The molecule has 0 atom stereocenters. The molecule has 0 amide bonds. The molecule has 0 N–H and O–H groups in total. The monoisotopic (exact) mass is 226 g/mol. The van der Waals surface area contributed by atoms with Gasteiger partial charge in [0.05, 0.1) is 5.88 Å². The Bertz CT molecular complexity index is 283. The average Bonchev–Trinajstić information content (AvgIpc) is 2.29. The van der Waals surface area contributed by atoms with Gasteiger partial charge in [0, 0.05) is 36.7 Å². The Kier molecular flexibility index (Phi) is 5.48. The van der Waals surface area contributed by atoms with Crippen molar-refractivity contribution in [3.8, 4) is 0 Å². The number of rotatable bonds is 6. The van der Waals surface area contributed by atoms with E-state index in [1.165, 1.54) is 5.69 Å². The number of nitrogens with zero attached hydrogens (tertiary/aromatic N) is 2. The molecule has 1 rings (SSSR count). The van der Waals surface area contributed by atoms with Crippen molar-refractivity contribution in [3.63, 3.8) is 0 Å². The Morgan fingerprint density at radius 3 is 2.47 bits per heavy atom. The minimum absolute atomic E-state index is 0.535. The molecule has 1 heterocycles. The predicted molar refractivity (Wildman–Crippen MR) is 66.6 cm³/mol. The van der Waals surface area contributed by atoms with Gasteiger partial charge in [-0.15, -0.1) is 11.6 Å². The first-order chi connectivity index (χ1) is 7.33. The molecule has 0 aliphatic carbocycles. The highest BCUT2D eigenvalue weighted by Gasteiger charge is 2.08. The highest BCUT2D eigenvalue weighted by atomic mass is 35.5. The molecule has 2 nitrogen and oxygen atoms in total. The van der Waals surface area contributed by atoms with E-state index in [9.17, 15) is 0 Å². The standard InChI is InChI=1S/C12H19ClN2/c1-3-7-15(8-4-2)12-5-6-14-10-11(12)9-13/h5-6,10H,3-4,7-9H2,1-2H3. The maximum atomic E-state index is 5.91. The third-order valence-corrected chi connectivity index (χ3v) is 2.64. The van der Waals surface area contributed by atoms with Crippen molar-refractivity contribution in [2.24, 2.45) is 0 Å². The third kappa shape index (κ3) is 3.38. The summed E-state index contributed by atoms with van der Waals surface area (Å²) in [6.45, 7) is 6.57. The van der Waals surface area contributed by atoms with Crippen molar-refractivity contribution < 1.29 is 0 Å². The SMILES string of the molecule is CCCN(CCC)c1ccncc1CCl. The van der Waals surface area contributed by atoms with Gasteiger partial charge in [0.15, 0.2) is 0 Å². The van der Waals surface area contributed by atoms with E-state index in [0.29, 0.717) is 5.88 Å². The summed E-state index contributed by atoms with van der Waals surface area (Å²) in [4.78, 5) is 6.50. The Morgan fingerprint density at radius 2 is 1.93 bits per heavy atom. The molecule has 0 aliphatic rings. The zero-order valence-corrected chi connectivity index (χ0v) is 10.3. The van der Waals surface area contributed by atoms with Gasteiger partial charge in [0.1, 0.15) is 0 Å². The average molecular weight is 227 g/mol. The van der Waals surface area contributed by atoms with Crippen molar-refractivity contribution in [1.82, 2.24) is 4.98 Å². The van der Waals surface area contributed by atoms with Gasteiger partial charge >= 0.3 is 0 Å². The molecule has 0 aromatic carbocycles. The minimum atomic E-state index is 0.535. The van der Waals surface area contributed by atoms with Crippen LogP contribution in [0.3, 0.4) is 0 Å². The summed E-state index contributed by atoms with van der Waals surface area (Å²) >= 11 is 5.91. The van der Waals surface area contributed by atoms with Gasteiger partial charge in [0.2, 0.25) is 0 Å². The summed E-state index contributed by atoms with van der Waals surface area (Å²) in [5.41, 5.74) is 2.37. The fourth-order valence-electron chi connectivity index (χ4n) is 1.72. The highest BCUT2D eigenvalue weighted by molar-refractivity contribution is 6.17. The van der Waals surface area contributed by atoms with Crippen LogP contribution in [0.1, 0.15) is 32.3 Å². The van der Waals surface area contributed by atoms with Crippen LogP contribution >= 0.6 is 11.6 Å². The van der Waals surface area contributed by atoms with Crippen LogP contribution in [-0.2, 0) is 5.88 Å². The second kappa shape index (κ2) is 6.67. The van der Waals surface area contributed by atoms with Crippen molar-refractivity contribution in [3.05, 3.63) is 24.0 Å². The Hall–Kier alpha value is -0.760. The van der Waals surface area contributed by atoms with Crippen LogP contribution in [0.25, 0.3) is 0 Å². The first-order valence-corrected chi connectivity index (χ1v) is 6.10. The maximum Gasteiger partial charge on any atom is 0.0509 e. The summed E-state index contributed by atoms with van der Waals surface area (Å²) in [6, 6.07) is 2.06. The number of hydrogen-bond acceptors (Lipinski definition) is 2. The summed E-state index contributed by atoms with van der Waals surface area (Å²) in [6.07, 6.45) is 6.01. The summed E-state index contributed by atoms with van der Waals surface area (Å²) in [5.74, 6) is 0.535. The molecule has 1 aromatic heterocycles. The Morgan fingerprint density at radius 1 is 1.27 bits per heavy atom. The van der Waals surface area contributed by atoms with Gasteiger partial charge in [-0.3, -0.25) is 4.98 Å². The van der Waals surface area contributed by atoms with E-state index in [2.05, 4.69) is 29.8 Å².